The van der Waals surface area contributed by atoms with E-state index in [-0.39, 0.29) is 40.0 Å². The molecule has 1 N–H and O–H groups in total. The van der Waals surface area contributed by atoms with Crippen molar-refractivity contribution in [2.45, 2.75) is 26.6 Å². The lowest BCUT2D eigenvalue weighted by molar-refractivity contribution is -0.142. The van der Waals surface area contributed by atoms with E-state index in [1.165, 1.54) is 35.1 Å². The van der Waals surface area contributed by atoms with Crippen LogP contribution in [-0.2, 0) is 12.7 Å². The van der Waals surface area contributed by atoms with Gasteiger partial charge in [0.25, 0.3) is 5.91 Å². The number of halogens is 5. The van der Waals surface area contributed by atoms with Crippen LogP contribution in [0, 0.1) is 19.7 Å². The van der Waals surface area contributed by atoms with Crippen molar-refractivity contribution in [3.05, 3.63) is 99.7 Å². The van der Waals surface area contributed by atoms with Crippen molar-refractivity contribution in [1.29, 1.82) is 0 Å². The molecule has 3 heterocycles. The molecule has 0 bridgehead atoms. The van der Waals surface area contributed by atoms with Gasteiger partial charge in [-0.3, -0.25) is 9.48 Å². The molecular formula is C26H19ClF4N6O. The Bertz CT molecular complexity index is 1670. The Morgan fingerprint density at radius 1 is 1.03 bits per heavy atom. The lowest BCUT2D eigenvalue weighted by Crippen LogP contribution is -2.16. The summed E-state index contributed by atoms with van der Waals surface area (Å²) in [5, 5.41) is 10.7. The summed E-state index contributed by atoms with van der Waals surface area (Å²) in [5.41, 5.74) is 1.24. The van der Waals surface area contributed by atoms with Gasteiger partial charge >= 0.3 is 6.18 Å². The third kappa shape index (κ3) is 4.97. The van der Waals surface area contributed by atoms with Crippen LogP contribution in [0.15, 0.2) is 60.8 Å². The quantitative estimate of drug-likeness (QED) is 0.264. The monoisotopic (exact) mass is 542 g/mol. The highest BCUT2D eigenvalue weighted by atomic mass is 35.5. The molecule has 0 fully saturated rings. The second-order valence-corrected chi connectivity index (χ2v) is 9.08. The first-order valence-corrected chi connectivity index (χ1v) is 11.7. The minimum atomic E-state index is -4.75. The van der Waals surface area contributed by atoms with Gasteiger partial charge in [-0.15, -0.1) is 0 Å². The van der Waals surface area contributed by atoms with Crippen LogP contribution in [0.25, 0.3) is 16.9 Å². The summed E-state index contributed by atoms with van der Waals surface area (Å²) < 4.78 is 57.8. The maximum absolute atomic E-state index is 14.1. The largest absolute Gasteiger partial charge is 0.433 e. The van der Waals surface area contributed by atoms with E-state index in [1.54, 1.807) is 24.3 Å². The van der Waals surface area contributed by atoms with Gasteiger partial charge in [0.05, 0.1) is 12.2 Å². The van der Waals surface area contributed by atoms with Crippen LogP contribution >= 0.6 is 11.6 Å². The Hall–Kier alpha value is -4.25. The Balaban J connectivity index is 1.44. The third-order valence-electron chi connectivity index (χ3n) is 6.02. The lowest BCUT2D eigenvalue weighted by Gasteiger charge is -2.11. The molecule has 194 valence electrons. The molecule has 0 atom stereocenters. The highest BCUT2D eigenvalue weighted by Crippen LogP contribution is 2.33. The number of benzene rings is 2. The number of fused-ring (bicyclic) bond motifs is 1. The zero-order valence-corrected chi connectivity index (χ0v) is 20.8. The number of aryl methyl sites for hydroxylation is 2. The lowest BCUT2D eigenvalue weighted by atomic mass is 10.0. The van der Waals surface area contributed by atoms with Gasteiger partial charge in [-0.2, -0.15) is 23.4 Å². The molecular weight excluding hydrogens is 524 g/mol. The summed E-state index contributed by atoms with van der Waals surface area (Å²) >= 11 is 6.05. The van der Waals surface area contributed by atoms with Gasteiger partial charge in [-0.25, -0.2) is 13.9 Å². The number of aromatic nitrogens is 5. The molecule has 0 aliphatic rings. The summed E-state index contributed by atoms with van der Waals surface area (Å²) in [5.74, 6) is -1.19. The Labute approximate surface area is 218 Å². The maximum Gasteiger partial charge on any atom is 0.433 e. The summed E-state index contributed by atoms with van der Waals surface area (Å²) in [6, 6.07) is 13.1. The molecule has 0 aliphatic heterocycles. The van der Waals surface area contributed by atoms with E-state index in [4.69, 9.17) is 11.6 Å². The molecule has 7 nitrogen and oxygen atoms in total. The Kier molecular flexibility index (Phi) is 6.39. The van der Waals surface area contributed by atoms with Crippen molar-refractivity contribution in [2.75, 3.05) is 5.32 Å². The number of nitrogens with one attached hydrogen (secondary N) is 1. The third-order valence-corrected chi connectivity index (χ3v) is 6.37. The summed E-state index contributed by atoms with van der Waals surface area (Å²) in [4.78, 5) is 17.2. The number of nitrogens with zero attached hydrogens (tertiary/aromatic N) is 5. The highest BCUT2D eigenvalue weighted by Gasteiger charge is 2.35. The number of carbonyl (C=O) groups excluding carboxylic acids is 1. The maximum atomic E-state index is 14.1. The van der Waals surface area contributed by atoms with E-state index in [0.29, 0.717) is 10.1 Å². The number of amides is 1. The number of carbonyl (C=O) groups is 1. The van der Waals surface area contributed by atoms with Gasteiger partial charge in [0, 0.05) is 34.5 Å². The normalized spacial score (nSPS) is 11.8. The predicted octanol–water partition coefficient (Wildman–Crippen LogP) is 6.32. The van der Waals surface area contributed by atoms with Crippen LogP contribution in [0.5, 0.6) is 0 Å². The van der Waals surface area contributed by atoms with Gasteiger partial charge in [-0.1, -0.05) is 29.8 Å². The van der Waals surface area contributed by atoms with Gasteiger partial charge < -0.3 is 5.32 Å². The van der Waals surface area contributed by atoms with Crippen LogP contribution in [-0.4, -0.2) is 30.3 Å². The van der Waals surface area contributed by atoms with E-state index in [9.17, 15) is 22.4 Å². The molecule has 1 amide bonds. The molecule has 0 unspecified atom stereocenters. The van der Waals surface area contributed by atoms with Crippen LogP contribution in [0.2, 0.25) is 5.02 Å². The van der Waals surface area contributed by atoms with Crippen molar-refractivity contribution < 1.29 is 22.4 Å². The highest BCUT2D eigenvalue weighted by molar-refractivity contribution is 6.31. The molecule has 2 aromatic carbocycles. The fraction of sp³-hybridized carbons (Fsp3) is 0.154. The van der Waals surface area contributed by atoms with Crippen LogP contribution in [0.4, 0.5) is 23.4 Å². The second kappa shape index (κ2) is 9.56. The molecule has 0 aliphatic carbocycles. The van der Waals surface area contributed by atoms with Gasteiger partial charge in [0.1, 0.15) is 5.82 Å². The number of hydrogen-bond acceptors (Lipinski definition) is 4. The van der Waals surface area contributed by atoms with E-state index >= 15 is 0 Å². The van der Waals surface area contributed by atoms with Crippen molar-refractivity contribution in [2.24, 2.45) is 0 Å². The Morgan fingerprint density at radius 3 is 2.53 bits per heavy atom. The Morgan fingerprint density at radius 2 is 1.82 bits per heavy atom. The smallest absolute Gasteiger partial charge is 0.304 e. The molecule has 5 rings (SSSR count). The fourth-order valence-corrected chi connectivity index (χ4v) is 4.10. The molecule has 5 aromatic rings. The molecule has 3 aromatic heterocycles. The molecule has 38 heavy (non-hydrogen) atoms. The number of anilines is 1. The molecule has 0 saturated heterocycles. The SMILES string of the molecule is Cc1ccc(-c2cc(C(F)(F)F)n3nc(C(=O)Nc4ccn(Cc5c(F)cccc5Cl)n4)cc3n2)cc1C. The minimum Gasteiger partial charge on any atom is -0.304 e. The van der Waals surface area contributed by atoms with Crippen molar-refractivity contribution >= 4 is 29.0 Å². The van der Waals surface area contributed by atoms with Crippen LogP contribution in [0.1, 0.15) is 32.9 Å². The zero-order chi connectivity index (χ0) is 27.2. The van der Waals surface area contributed by atoms with Gasteiger partial charge in [0.2, 0.25) is 0 Å². The van der Waals surface area contributed by atoms with Crippen molar-refractivity contribution in [1.82, 2.24) is 24.4 Å². The molecule has 0 saturated carbocycles. The first kappa shape index (κ1) is 25.4. The van der Waals surface area contributed by atoms with E-state index in [2.05, 4.69) is 20.5 Å². The number of hydrogen-bond donors (Lipinski definition) is 1. The van der Waals surface area contributed by atoms with Gasteiger partial charge in [0.15, 0.2) is 22.9 Å². The topological polar surface area (TPSA) is 77.1 Å². The summed E-state index contributed by atoms with van der Waals surface area (Å²) in [7, 11) is 0. The number of alkyl halides is 3. The first-order chi connectivity index (χ1) is 18.0. The average molecular weight is 543 g/mol. The molecule has 12 heteroatoms. The van der Waals surface area contributed by atoms with E-state index in [1.807, 2.05) is 13.8 Å². The predicted molar refractivity (Wildman–Crippen MR) is 134 cm³/mol. The molecule has 0 radical (unpaired) electrons. The van der Waals surface area contributed by atoms with Crippen LogP contribution < -0.4 is 5.32 Å². The summed E-state index contributed by atoms with van der Waals surface area (Å²) in [6.45, 7) is 3.77. The summed E-state index contributed by atoms with van der Waals surface area (Å²) in [6.07, 6.45) is -3.25. The van der Waals surface area contributed by atoms with Crippen molar-refractivity contribution in [3.8, 4) is 11.3 Å². The molecule has 0 spiro atoms. The zero-order valence-electron chi connectivity index (χ0n) is 20.0. The standard InChI is InChI=1S/C26H19ClF4N6O/c1-14-6-7-16(10-15(14)2)20-11-22(26(29,30)31)37-24(32-20)12-21(34-37)25(38)33-23-8-9-36(35-23)13-17-18(27)4-3-5-19(17)28/h3-12H,13H2,1-2H3,(H,33,35,38). The fourth-order valence-electron chi connectivity index (χ4n) is 3.88. The van der Waals surface area contributed by atoms with E-state index < -0.39 is 23.6 Å². The van der Waals surface area contributed by atoms with Crippen LogP contribution in [0.3, 0.4) is 0 Å². The first-order valence-electron chi connectivity index (χ1n) is 11.3. The second-order valence-electron chi connectivity index (χ2n) is 8.68. The minimum absolute atomic E-state index is 0.00979. The van der Waals surface area contributed by atoms with E-state index in [0.717, 1.165) is 17.2 Å². The van der Waals surface area contributed by atoms with Gasteiger partial charge in [-0.05, 0) is 49.2 Å². The van der Waals surface area contributed by atoms with Crippen molar-refractivity contribution in [3.63, 3.8) is 0 Å². The average Bonchev–Trinajstić information content (AvgIpc) is 3.48. The number of rotatable bonds is 5.